The fraction of sp³-hybridized carbons (Fsp3) is 0.263. The number of allylic oxidation sites excluding steroid dienone is 1. The first-order valence-corrected chi connectivity index (χ1v) is 7.71. The lowest BCUT2D eigenvalue weighted by atomic mass is 10.0. The summed E-state index contributed by atoms with van der Waals surface area (Å²) in [4.78, 5) is 4.24. The van der Waals surface area contributed by atoms with E-state index in [1.165, 1.54) is 0 Å². The Hall–Kier alpha value is -2.80. The fourth-order valence-corrected chi connectivity index (χ4v) is 2.69. The summed E-state index contributed by atoms with van der Waals surface area (Å²) >= 11 is 0. The Bertz CT molecular complexity index is 776. The highest BCUT2D eigenvalue weighted by atomic mass is 16.5. The summed E-state index contributed by atoms with van der Waals surface area (Å²) < 4.78 is 11.6. The number of hydrogen-bond acceptors (Lipinski definition) is 4. The molecule has 0 aliphatic carbocycles. The molecule has 23 heavy (non-hydrogen) atoms. The molecule has 0 radical (unpaired) electrons. The Kier molecular flexibility index (Phi) is 4.29. The largest absolute Gasteiger partial charge is 0.493 e. The van der Waals surface area contributed by atoms with Crippen molar-refractivity contribution in [2.24, 2.45) is 0 Å². The van der Waals surface area contributed by atoms with E-state index >= 15 is 0 Å². The normalized spacial score (nSPS) is 16.4. The molecule has 0 saturated heterocycles. The number of ether oxygens (including phenoxy) is 2. The number of rotatable bonds is 4. The Labute approximate surface area is 136 Å². The Balaban J connectivity index is 2.06. The molecular weight excluding hydrogens is 288 g/mol. The molecule has 1 aromatic carbocycles. The topological polar surface area (TPSA) is 55.1 Å². The molecule has 4 nitrogen and oxygen atoms in total. The number of pyridine rings is 1. The Morgan fingerprint density at radius 1 is 1.48 bits per heavy atom. The highest BCUT2D eigenvalue weighted by molar-refractivity contribution is 5.89. The average molecular weight is 306 g/mol. The summed E-state index contributed by atoms with van der Waals surface area (Å²) in [6.07, 6.45) is 4.53. The quantitative estimate of drug-likeness (QED) is 0.805. The summed E-state index contributed by atoms with van der Waals surface area (Å²) in [6.45, 7) is 4.57. The van der Waals surface area contributed by atoms with Gasteiger partial charge in [-0.2, -0.15) is 5.26 Å². The molecule has 0 amide bonds. The van der Waals surface area contributed by atoms with Crippen molar-refractivity contribution in [3.63, 3.8) is 0 Å². The van der Waals surface area contributed by atoms with E-state index < -0.39 is 0 Å². The lowest BCUT2D eigenvalue weighted by Gasteiger charge is -2.10. The molecule has 2 aromatic rings. The summed E-state index contributed by atoms with van der Waals surface area (Å²) in [7, 11) is 0. The van der Waals surface area contributed by atoms with Gasteiger partial charge in [0.25, 0.3) is 0 Å². The second kappa shape index (κ2) is 6.53. The molecule has 1 aliphatic heterocycles. The first-order chi connectivity index (χ1) is 11.2. The zero-order chi connectivity index (χ0) is 16.2. The van der Waals surface area contributed by atoms with E-state index in [-0.39, 0.29) is 6.10 Å². The summed E-state index contributed by atoms with van der Waals surface area (Å²) in [5.74, 6) is 1.64. The van der Waals surface area contributed by atoms with Crippen LogP contribution in [0.5, 0.6) is 11.5 Å². The minimum Gasteiger partial charge on any atom is -0.493 e. The van der Waals surface area contributed by atoms with E-state index in [9.17, 15) is 5.26 Å². The van der Waals surface area contributed by atoms with Gasteiger partial charge < -0.3 is 9.47 Å². The second-order valence-corrected chi connectivity index (χ2v) is 5.45. The van der Waals surface area contributed by atoms with Crippen LogP contribution in [0, 0.1) is 11.3 Å². The second-order valence-electron chi connectivity index (χ2n) is 5.45. The molecule has 116 valence electrons. The predicted molar refractivity (Wildman–Crippen MR) is 89.1 cm³/mol. The molecule has 1 aliphatic rings. The molecule has 0 spiro atoms. The molecule has 0 bridgehead atoms. The zero-order valence-electron chi connectivity index (χ0n) is 13.2. The standard InChI is InChI=1S/C19H18N2O2/c1-3-22-18-10-14-8-13(2)23-19(14)11-15(18)9-16(12-20)17-6-4-5-7-21-17/h4-7,9-11,13H,3,8H2,1-2H3/b16-9+/t13-/m1/s1. The van der Waals surface area contributed by atoms with Gasteiger partial charge in [-0.05, 0) is 44.2 Å². The van der Waals surface area contributed by atoms with Crippen molar-refractivity contribution < 1.29 is 9.47 Å². The van der Waals surface area contributed by atoms with Crippen LogP contribution in [0.3, 0.4) is 0 Å². The van der Waals surface area contributed by atoms with E-state index in [4.69, 9.17) is 9.47 Å². The number of aromatic nitrogens is 1. The number of nitriles is 1. The van der Waals surface area contributed by atoms with E-state index in [0.29, 0.717) is 17.9 Å². The van der Waals surface area contributed by atoms with Gasteiger partial charge in [0.05, 0.1) is 17.9 Å². The van der Waals surface area contributed by atoms with Crippen molar-refractivity contribution in [2.45, 2.75) is 26.4 Å². The molecule has 0 N–H and O–H groups in total. The van der Waals surface area contributed by atoms with Crippen LogP contribution < -0.4 is 9.47 Å². The highest BCUT2D eigenvalue weighted by Crippen LogP contribution is 2.36. The molecule has 0 fully saturated rings. The van der Waals surface area contributed by atoms with Gasteiger partial charge >= 0.3 is 0 Å². The minimum atomic E-state index is 0.171. The third-order valence-corrected chi connectivity index (χ3v) is 3.69. The van der Waals surface area contributed by atoms with Crippen LogP contribution in [0.15, 0.2) is 36.5 Å². The number of nitrogens with zero attached hydrogens (tertiary/aromatic N) is 2. The van der Waals surface area contributed by atoms with Gasteiger partial charge in [-0.15, -0.1) is 0 Å². The molecule has 1 atom stereocenters. The van der Waals surface area contributed by atoms with Crippen LogP contribution in [0.2, 0.25) is 0 Å². The van der Waals surface area contributed by atoms with Gasteiger partial charge in [0.2, 0.25) is 0 Å². The van der Waals surface area contributed by atoms with Gasteiger partial charge in [0.1, 0.15) is 23.7 Å². The Morgan fingerprint density at radius 3 is 3.04 bits per heavy atom. The predicted octanol–water partition coefficient (Wildman–Crippen LogP) is 3.87. The molecule has 0 unspecified atom stereocenters. The maximum atomic E-state index is 9.47. The maximum Gasteiger partial charge on any atom is 0.127 e. The maximum absolute atomic E-state index is 9.47. The van der Waals surface area contributed by atoms with Crippen molar-refractivity contribution >= 4 is 11.6 Å². The van der Waals surface area contributed by atoms with Gasteiger partial charge in [-0.3, -0.25) is 4.98 Å². The fourth-order valence-electron chi connectivity index (χ4n) is 2.69. The van der Waals surface area contributed by atoms with Gasteiger partial charge in [0.15, 0.2) is 0 Å². The van der Waals surface area contributed by atoms with Gasteiger partial charge in [-0.25, -0.2) is 0 Å². The van der Waals surface area contributed by atoms with Crippen LogP contribution in [0.4, 0.5) is 0 Å². The minimum absolute atomic E-state index is 0.171. The highest BCUT2D eigenvalue weighted by Gasteiger charge is 2.21. The van der Waals surface area contributed by atoms with E-state index in [1.54, 1.807) is 12.3 Å². The van der Waals surface area contributed by atoms with Gasteiger partial charge in [-0.1, -0.05) is 6.07 Å². The van der Waals surface area contributed by atoms with Crippen LogP contribution in [-0.2, 0) is 6.42 Å². The zero-order valence-corrected chi connectivity index (χ0v) is 13.2. The molecule has 4 heteroatoms. The van der Waals surface area contributed by atoms with Gasteiger partial charge in [0, 0.05) is 23.7 Å². The van der Waals surface area contributed by atoms with Crippen molar-refractivity contribution in [1.29, 1.82) is 5.26 Å². The first kappa shape index (κ1) is 15.1. The summed E-state index contributed by atoms with van der Waals surface area (Å²) in [6, 6.07) is 11.7. The third kappa shape index (κ3) is 3.19. The first-order valence-electron chi connectivity index (χ1n) is 7.71. The van der Waals surface area contributed by atoms with E-state index in [2.05, 4.69) is 11.1 Å². The summed E-state index contributed by atoms with van der Waals surface area (Å²) in [5, 5.41) is 9.47. The van der Waals surface area contributed by atoms with E-state index in [0.717, 1.165) is 29.0 Å². The van der Waals surface area contributed by atoms with Crippen LogP contribution >= 0.6 is 0 Å². The molecule has 2 heterocycles. The molecule has 1 aromatic heterocycles. The molecular formula is C19H18N2O2. The smallest absolute Gasteiger partial charge is 0.127 e. The average Bonchev–Trinajstić information content (AvgIpc) is 2.92. The number of benzene rings is 1. The Morgan fingerprint density at radius 2 is 2.35 bits per heavy atom. The van der Waals surface area contributed by atoms with Crippen molar-refractivity contribution in [2.75, 3.05) is 6.61 Å². The van der Waals surface area contributed by atoms with Crippen molar-refractivity contribution in [1.82, 2.24) is 4.98 Å². The third-order valence-electron chi connectivity index (χ3n) is 3.69. The SMILES string of the molecule is CCOc1cc2c(cc1/C=C(\C#N)c1ccccn1)O[C@H](C)C2. The summed E-state index contributed by atoms with van der Waals surface area (Å²) in [5.41, 5.74) is 3.13. The number of fused-ring (bicyclic) bond motifs is 1. The van der Waals surface area contributed by atoms with Crippen LogP contribution in [-0.4, -0.2) is 17.7 Å². The van der Waals surface area contributed by atoms with Crippen molar-refractivity contribution in [3.05, 3.63) is 53.3 Å². The molecule has 3 rings (SSSR count). The van der Waals surface area contributed by atoms with E-state index in [1.807, 2.05) is 44.2 Å². The molecule has 0 saturated carbocycles. The van der Waals surface area contributed by atoms with Crippen molar-refractivity contribution in [3.8, 4) is 17.6 Å². The number of hydrogen-bond donors (Lipinski definition) is 0. The lowest BCUT2D eigenvalue weighted by molar-refractivity contribution is 0.254. The monoisotopic (exact) mass is 306 g/mol. The lowest BCUT2D eigenvalue weighted by Crippen LogP contribution is -2.05. The van der Waals surface area contributed by atoms with Crippen LogP contribution in [0.1, 0.15) is 30.7 Å². The van der Waals surface area contributed by atoms with Crippen LogP contribution in [0.25, 0.3) is 11.6 Å².